The van der Waals surface area contributed by atoms with Gasteiger partial charge in [0.2, 0.25) is 0 Å². The Balaban J connectivity index is 1.15. The summed E-state index contributed by atoms with van der Waals surface area (Å²) >= 11 is 12.9. The summed E-state index contributed by atoms with van der Waals surface area (Å²) in [6, 6.07) is 18.1. The third kappa shape index (κ3) is 7.19. The molecular formula is C43H38Cl2N2O11. The second-order valence-electron chi connectivity index (χ2n) is 14.9. The van der Waals surface area contributed by atoms with Crippen molar-refractivity contribution >= 4 is 51.3 Å². The summed E-state index contributed by atoms with van der Waals surface area (Å²) in [6.45, 7) is 1.48. The van der Waals surface area contributed by atoms with E-state index in [9.17, 15) is 34.8 Å². The van der Waals surface area contributed by atoms with E-state index in [1.807, 2.05) is 23.9 Å². The second kappa shape index (κ2) is 15.6. The van der Waals surface area contributed by atoms with E-state index in [2.05, 4.69) is 0 Å². The molecule has 2 aliphatic rings. The molecule has 0 aliphatic carbocycles. The summed E-state index contributed by atoms with van der Waals surface area (Å²) in [5, 5.41) is 44.7. The van der Waals surface area contributed by atoms with Crippen LogP contribution in [0.2, 0.25) is 10.0 Å². The topological polar surface area (TPSA) is 183 Å². The first-order valence-electron chi connectivity index (χ1n) is 18.6. The Morgan fingerprint density at radius 1 is 0.638 bits per heavy atom. The van der Waals surface area contributed by atoms with Crippen molar-refractivity contribution < 1.29 is 43.5 Å². The Morgan fingerprint density at radius 2 is 1.03 bits per heavy atom. The molecule has 2 saturated heterocycles. The monoisotopic (exact) mass is 828 g/mol. The number of phenols is 4. The fraction of sp³-hybridized carbons (Fsp3) is 0.279. The zero-order valence-electron chi connectivity index (χ0n) is 31.3. The van der Waals surface area contributed by atoms with Gasteiger partial charge in [-0.1, -0.05) is 47.5 Å². The van der Waals surface area contributed by atoms with Gasteiger partial charge in [-0.2, -0.15) is 0 Å². The number of halogens is 2. The van der Waals surface area contributed by atoms with Gasteiger partial charge in [0.15, 0.2) is 10.9 Å². The van der Waals surface area contributed by atoms with Crippen LogP contribution in [0.5, 0.6) is 23.0 Å². The maximum absolute atomic E-state index is 14.0. The maximum Gasteiger partial charge on any atom is 0.508 e. The standard InChI is InChI=1S/C43H38Cl2N2O11/c1-46-13-11-23(37-27(48)15-29(50)39-31(52)17-33(55-41(37)39)21-7-3-5-9-25(21)44)35(19-46)57-43(54)58-36-20-47(2)14-12-24(36)38-28(49)16-30(51)40-32(53)18-34(56-42(38)40)22-8-4-6-10-26(22)45/h3-10,15-18,23-24,35-36,48-51H,11-14,19-20H2,1-2H3. The number of aromatic hydroxyl groups is 4. The smallest absolute Gasteiger partial charge is 0.507 e. The minimum Gasteiger partial charge on any atom is -0.507 e. The minimum absolute atomic E-state index is 0.0715. The van der Waals surface area contributed by atoms with Gasteiger partial charge in [0.25, 0.3) is 0 Å². The lowest BCUT2D eigenvalue weighted by Crippen LogP contribution is -2.46. The number of carbonyl (C=O) groups is 1. The summed E-state index contributed by atoms with van der Waals surface area (Å²) in [6.07, 6.45) is -2.19. The van der Waals surface area contributed by atoms with E-state index in [0.717, 1.165) is 12.1 Å². The van der Waals surface area contributed by atoms with Crippen molar-refractivity contribution in [2.45, 2.75) is 36.9 Å². The van der Waals surface area contributed by atoms with E-state index < -0.39 is 52.6 Å². The van der Waals surface area contributed by atoms with Crippen molar-refractivity contribution in [3.05, 3.63) is 114 Å². The van der Waals surface area contributed by atoms with E-state index >= 15 is 0 Å². The van der Waals surface area contributed by atoms with Crippen LogP contribution in [0.3, 0.4) is 0 Å². The number of ether oxygens (including phenoxy) is 2. The first-order chi connectivity index (χ1) is 27.8. The number of benzene rings is 4. The highest BCUT2D eigenvalue weighted by Gasteiger charge is 2.40. The number of hydrogen-bond acceptors (Lipinski definition) is 13. The number of likely N-dealkylation sites (N-methyl/N-ethyl adjacent to an activating group) is 2. The summed E-state index contributed by atoms with van der Waals surface area (Å²) < 4.78 is 24.7. The number of hydrogen-bond donors (Lipinski definition) is 4. The van der Waals surface area contributed by atoms with Gasteiger partial charge in [0, 0.05) is 71.4 Å². The summed E-state index contributed by atoms with van der Waals surface area (Å²) in [5.41, 5.74) is -0.0739. The van der Waals surface area contributed by atoms with Gasteiger partial charge in [0.1, 0.15) is 68.7 Å². The number of carbonyl (C=O) groups excluding carboxylic acids is 1. The van der Waals surface area contributed by atoms with E-state index in [0.29, 0.717) is 47.1 Å². The molecule has 2 aromatic heterocycles. The molecule has 0 saturated carbocycles. The van der Waals surface area contributed by atoms with Gasteiger partial charge in [-0.25, -0.2) is 4.79 Å². The number of rotatable bonds is 6. The number of phenolic OH excluding ortho intramolecular Hbond substituents is 4. The molecule has 4 N–H and O–H groups in total. The van der Waals surface area contributed by atoms with Gasteiger partial charge in [-0.15, -0.1) is 0 Å². The first kappa shape index (κ1) is 39.1. The van der Waals surface area contributed by atoms with Crippen LogP contribution in [0.15, 0.2) is 91.2 Å². The SMILES string of the molecule is CN1CCC(c2c(O)cc(O)c3c(=O)cc(-c4ccccc4Cl)oc23)C(OC(=O)OC2CN(C)CCC2c2c(O)cc(O)c3c(=O)cc(-c4ccccc4Cl)oc23)C1. The van der Waals surface area contributed by atoms with Gasteiger partial charge in [-0.05, 0) is 64.3 Å². The molecule has 0 bridgehead atoms. The molecule has 8 rings (SSSR count). The molecule has 0 amide bonds. The summed E-state index contributed by atoms with van der Waals surface area (Å²) in [7, 11) is 3.69. The van der Waals surface area contributed by atoms with Crippen molar-refractivity contribution in [3.8, 4) is 45.6 Å². The Morgan fingerprint density at radius 3 is 1.43 bits per heavy atom. The molecule has 0 spiro atoms. The lowest BCUT2D eigenvalue weighted by Gasteiger charge is -2.38. The molecule has 6 aromatic rings. The minimum atomic E-state index is -1.04. The van der Waals surface area contributed by atoms with Crippen molar-refractivity contribution in [2.75, 3.05) is 40.3 Å². The molecule has 4 atom stereocenters. The van der Waals surface area contributed by atoms with Crippen molar-refractivity contribution in [1.82, 2.24) is 9.80 Å². The van der Waals surface area contributed by atoms with Gasteiger partial charge in [-0.3, -0.25) is 9.59 Å². The summed E-state index contributed by atoms with van der Waals surface area (Å²) in [5.74, 6) is -2.88. The lowest BCUT2D eigenvalue weighted by molar-refractivity contribution is -0.0454. The summed E-state index contributed by atoms with van der Waals surface area (Å²) in [4.78, 5) is 44.8. The number of nitrogens with zero attached hydrogens (tertiary/aromatic N) is 2. The van der Waals surface area contributed by atoms with E-state index in [1.165, 1.54) is 12.1 Å². The maximum atomic E-state index is 14.0. The third-order valence-electron chi connectivity index (χ3n) is 11.0. The van der Waals surface area contributed by atoms with Gasteiger partial charge < -0.3 is 48.5 Å². The second-order valence-corrected chi connectivity index (χ2v) is 15.7. The average molecular weight is 830 g/mol. The van der Waals surface area contributed by atoms with Crippen LogP contribution in [0.4, 0.5) is 4.79 Å². The van der Waals surface area contributed by atoms with Crippen LogP contribution in [-0.4, -0.2) is 88.9 Å². The molecule has 0 radical (unpaired) electrons. The van der Waals surface area contributed by atoms with Crippen molar-refractivity contribution in [2.24, 2.45) is 0 Å². The fourth-order valence-corrected chi connectivity index (χ4v) is 8.72. The van der Waals surface area contributed by atoms with Crippen molar-refractivity contribution in [1.29, 1.82) is 0 Å². The lowest BCUT2D eigenvalue weighted by atomic mass is 9.85. The van der Waals surface area contributed by atoms with Crippen LogP contribution in [0.1, 0.15) is 35.8 Å². The molecule has 15 heteroatoms. The van der Waals surface area contributed by atoms with E-state index in [4.69, 9.17) is 41.5 Å². The largest absolute Gasteiger partial charge is 0.508 e. The zero-order valence-corrected chi connectivity index (χ0v) is 32.8. The molecule has 58 heavy (non-hydrogen) atoms. The molecule has 4 heterocycles. The predicted octanol–water partition coefficient (Wildman–Crippen LogP) is 7.79. The molecule has 4 unspecified atom stereocenters. The number of piperidine rings is 2. The van der Waals surface area contributed by atoms with Gasteiger partial charge in [0.05, 0.1) is 10.0 Å². The fourth-order valence-electron chi connectivity index (χ4n) is 8.26. The molecule has 4 aromatic carbocycles. The first-order valence-corrected chi connectivity index (χ1v) is 19.3. The highest BCUT2D eigenvalue weighted by molar-refractivity contribution is 6.33. The zero-order chi connectivity index (χ0) is 41.0. The van der Waals surface area contributed by atoms with E-state index in [1.54, 1.807) is 48.5 Å². The molecular weight excluding hydrogens is 791 g/mol. The quantitative estimate of drug-likeness (QED) is 0.120. The molecule has 2 fully saturated rings. The van der Waals surface area contributed by atoms with E-state index in [-0.39, 0.29) is 69.2 Å². The number of fused-ring (bicyclic) bond motifs is 2. The van der Waals surface area contributed by atoms with Crippen molar-refractivity contribution in [3.63, 3.8) is 0 Å². The average Bonchev–Trinajstić information content (AvgIpc) is 3.16. The Bertz CT molecular complexity index is 2530. The molecule has 2 aliphatic heterocycles. The Labute approximate surface area is 340 Å². The highest BCUT2D eigenvalue weighted by atomic mass is 35.5. The van der Waals surface area contributed by atoms with Crippen LogP contribution < -0.4 is 10.9 Å². The molecule has 300 valence electrons. The van der Waals surface area contributed by atoms with Crippen LogP contribution in [-0.2, 0) is 9.47 Å². The third-order valence-corrected chi connectivity index (χ3v) is 11.7. The highest BCUT2D eigenvalue weighted by Crippen LogP contribution is 2.46. The normalized spacial score (nSPS) is 20.3. The number of likely N-dealkylation sites (tertiary alicyclic amines) is 2. The Kier molecular flexibility index (Phi) is 10.5. The Hall–Kier alpha value is -5.73. The predicted molar refractivity (Wildman–Crippen MR) is 217 cm³/mol. The molecule has 13 nitrogen and oxygen atoms in total. The van der Waals surface area contributed by atoms with Crippen LogP contribution in [0, 0.1) is 0 Å². The van der Waals surface area contributed by atoms with Crippen LogP contribution >= 0.6 is 23.2 Å². The van der Waals surface area contributed by atoms with Gasteiger partial charge >= 0.3 is 6.16 Å². The van der Waals surface area contributed by atoms with Crippen LogP contribution in [0.25, 0.3) is 44.6 Å².